The Labute approximate surface area is 93.5 Å². The maximum Gasteiger partial charge on any atom is 0.317 e. The number of nitrogens with zero attached hydrogens (tertiary/aromatic N) is 1. The summed E-state index contributed by atoms with van der Waals surface area (Å²) in [5.74, 6) is -0.0968. The SMILES string of the molecule is COC(=O)C1(c2sc(C)nc2C)CCC1. The van der Waals surface area contributed by atoms with Crippen molar-refractivity contribution >= 4 is 17.3 Å². The van der Waals surface area contributed by atoms with Crippen LogP contribution in [-0.4, -0.2) is 18.1 Å². The zero-order chi connectivity index (χ0) is 11.1. The van der Waals surface area contributed by atoms with Crippen LogP contribution in [0.2, 0.25) is 0 Å². The van der Waals surface area contributed by atoms with E-state index in [2.05, 4.69) is 4.98 Å². The van der Waals surface area contributed by atoms with Gasteiger partial charge in [-0.05, 0) is 26.7 Å². The monoisotopic (exact) mass is 225 g/mol. The van der Waals surface area contributed by atoms with Crippen LogP contribution in [0.5, 0.6) is 0 Å². The number of hydrogen-bond acceptors (Lipinski definition) is 4. The predicted octanol–water partition coefficient (Wildman–Crippen LogP) is 2.35. The summed E-state index contributed by atoms with van der Waals surface area (Å²) in [7, 11) is 1.46. The smallest absolute Gasteiger partial charge is 0.317 e. The molecule has 4 heteroatoms. The number of thiazole rings is 1. The summed E-state index contributed by atoms with van der Waals surface area (Å²) in [6, 6.07) is 0. The second-order valence-corrected chi connectivity index (χ2v) is 5.28. The lowest BCUT2D eigenvalue weighted by molar-refractivity contribution is -0.151. The maximum atomic E-state index is 11.8. The van der Waals surface area contributed by atoms with Gasteiger partial charge in [0.05, 0.1) is 17.8 Å². The third-order valence-corrected chi connectivity index (χ3v) is 4.40. The first kappa shape index (κ1) is 10.6. The van der Waals surface area contributed by atoms with E-state index in [0.29, 0.717) is 0 Å². The molecule has 2 rings (SSSR count). The second-order valence-electron chi connectivity index (χ2n) is 4.07. The van der Waals surface area contributed by atoms with Gasteiger partial charge in [0.15, 0.2) is 0 Å². The molecule has 0 atom stereocenters. The molecule has 1 heterocycles. The average Bonchev–Trinajstić information content (AvgIpc) is 2.44. The number of aryl methyl sites for hydroxylation is 2. The minimum Gasteiger partial charge on any atom is -0.468 e. The highest BCUT2D eigenvalue weighted by atomic mass is 32.1. The van der Waals surface area contributed by atoms with E-state index in [0.717, 1.165) is 34.8 Å². The van der Waals surface area contributed by atoms with E-state index < -0.39 is 0 Å². The zero-order valence-electron chi connectivity index (χ0n) is 9.29. The lowest BCUT2D eigenvalue weighted by Gasteiger charge is -2.38. The number of rotatable bonds is 2. The lowest BCUT2D eigenvalue weighted by Crippen LogP contribution is -2.43. The summed E-state index contributed by atoms with van der Waals surface area (Å²) in [5, 5.41) is 1.03. The van der Waals surface area contributed by atoms with Crippen LogP contribution in [0.15, 0.2) is 0 Å². The van der Waals surface area contributed by atoms with E-state index in [1.165, 1.54) is 7.11 Å². The summed E-state index contributed by atoms with van der Waals surface area (Å²) in [5.41, 5.74) is 0.618. The summed E-state index contributed by atoms with van der Waals surface area (Å²) in [6.45, 7) is 3.95. The van der Waals surface area contributed by atoms with E-state index in [9.17, 15) is 4.79 Å². The minimum atomic E-state index is -0.370. The van der Waals surface area contributed by atoms with Crippen LogP contribution < -0.4 is 0 Å². The average molecular weight is 225 g/mol. The van der Waals surface area contributed by atoms with Gasteiger partial charge in [0, 0.05) is 4.88 Å². The zero-order valence-corrected chi connectivity index (χ0v) is 10.1. The molecule has 1 aromatic rings. The quantitative estimate of drug-likeness (QED) is 0.725. The Morgan fingerprint density at radius 1 is 1.47 bits per heavy atom. The van der Waals surface area contributed by atoms with Gasteiger partial charge in [-0.1, -0.05) is 6.42 Å². The summed E-state index contributed by atoms with van der Waals surface area (Å²) in [6.07, 6.45) is 2.91. The molecule has 1 aliphatic carbocycles. The van der Waals surface area contributed by atoms with Gasteiger partial charge < -0.3 is 4.74 Å². The normalized spacial score (nSPS) is 18.3. The molecule has 82 valence electrons. The number of hydrogen-bond donors (Lipinski definition) is 0. The Kier molecular flexibility index (Phi) is 2.54. The molecule has 0 bridgehead atoms. The fraction of sp³-hybridized carbons (Fsp3) is 0.636. The first-order chi connectivity index (χ1) is 7.10. The molecule has 0 N–H and O–H groups in total. The minimum absolute atomic E-state index is 0.0968. The number of carbonyl (C=O) groups excluding carboxylic acids is 1. The fourth-order valence-electron chi connectivity index (χ4n) is 2.22. The molecule has 3 nitrogen and oxygen atoms in total. The molecule has 0 saturated heterocycles. The maximum absolute atomic E-state index is 11.8. The van der Waals surface area contributed by atoms with E-state index in [1.54, 1.807) is 11.3 Å². The topological polar surface area (TPSA) is 39.2 Å². The lowest BCUT2D eigenvalue weighted by atomic mass is 9.67. The van der Waals surface area contributed by atoms with Crippen molar-refractivity contribution in [2.24, 2.45) is 0 Å². The number of esters is 1. The van der Waals surface area contributed by atoms with Gasteiger partial charge in [0.2, 0.25) is 0 Å². The Morgan fingerprint density at radius 2 is 2.13 bits per heavy atom. The highest BCUT2D eigenvalue weighted by Gasteiger charge is 2.49. The number of ether oxygens (including phenoxy) is 1. The molecular formula is C11H15NO2S. The van der Waals surface area contributed by atoms with Gasteiger partial charge in [0.1, 0.15) is 5.41 Å². The van der Waals surface area contributed by atoms with Crippen molar-refractivity contribution in [1.82, 2.24) is 4.98 Å². The van der Waals surface area contributed by atoms with Crippen molar-refractivity contribution < 1.29 is 9.53 Å². The molecule has 1 aliphatic rings. The number of carbonyl (C=O) groups is 1. The Hall–Kier alpha value is -0.900. The van der Waals surface area contributed by atoms with Crippen molar-refractivity contribution in [2.75, 3.05) is 7.11 Å². The molecule has 15 heavy (non-hydrogen) atoms. The van der Waals surface area contributed by atoms with Crippen LogP contribution in [-0.2, 0) is 14.9 Å². The Balaban J connectivity index is 2.42. The standard InChI is InChI=1S/C11H15NO2S/c1-7-9(15-8(2)12-7)11(5-4-6-11)10(13)14-3/h4-6H2,1-3H3. The summed E-state index contributed by atoms with van der Waals surface area (Å²) >= 11 is 1.63. The van der Waals surface area contributed by atoms with Gasteiger partial charge in [-0.3, -0.25) is 4.79 Å². The molecule has 0 aliphatic heterocycles. The van der Waals surface area contributed by atoms with Gasteiger partial charge in [0.25, 0.3) is 0 Å². The number of aromatic nitrogens is 1. The molecule has 1 saturated carbocycles. The van der Waals surface area contributed by atoms with Crippen molar-refractivity contribution in [2.45, 2.75) is 38.5 Å². The third kappa shape index (κ3) is 1.47. The van der Waals surface area contributed by atoms with Crippen LogP contribution in [0.4, 0.5) is 0 Å². The van der Waals surface area contributed by atoms with Crippen LogP contribution in [0.25, 0.3) is 0 Å². The molecule has 0 unspecified atom stereocenters. The van der Waals surface area contributed by atoms with Crippen molar-refractivity contribution in [3.63, 3.8) is 0 Å². The highest BCUT2D eigenvalue weighted by Crippen LogP contribution is 2.47. The Morgan fingerprint density at radius 3 is 2.47 bits per heavy atom. The van der Waals surface area contributed by atoms with E-state index in [1.807, 2.05) is 13.8 Å². The first-order valence-corrected chi connectivity index (χ1v) is 5.95. The third-order valence-electron chi connectivity index (χ3n) is 3.12. The first-order valence-electron chi connectivity index (χ1n) is 5.13. The van der Waals surface area contributed by atoms with Crippen LogP contribution >= 0.6 is 11.3 Å². The van der Waals surface area contributed by atoms with Gasteiger partial charge >= 0.3 is 5.97 Å². The van der Waals surface area contributed by atoms with E-state index in [-0.39, 0.29) is 11.4 Å². The van der Waals surface area contributed by atoms with Gasteiger partial charge in [-0.25, -0.2) is 4.98 Å². The van der Waals surface area contributed by atoms with Gasteiger partial charge in [-0.2, -0.15) is 0 Å². The molecule has 1 aromatic heterocycles. The van der Waals surface area contributed by atoms with Crippen molar-refractivity contribution in [1.29, 1.82) is 0 Å². The van der Waals surface area contributed by atoms with Crippen molar-refractivity contribution in [3.05, 3.63) is 15.6 Å². The van der Waals surface area contributed by atoms with E-state index >= 15 is 0 Å². The van der Waals surface area contributed by atoms with Crippen LogP contribution in [0.3, 0.4) is 0 Å². The largest absolute Gasteiger partial charge is 0.468 e. The molecule has 0 radical (unpaired) electrons. The molecule has 0 amide bonds. The second kappa shape index (κ2) is 3.59. The van der Waals surface area contributed by atoms with Crippen LogP contribution in [0.1, 0.15) is 34.8 Å². The molecular weight excluding hydrogens is 210 g/mol. The number of methoxy groups -OCH3 is 1. The van der Waals surface area contributed by atoms with Crippen LogP contribution in [0, 0.1) is 13.8 Å². The summed E-state index contributed by atoms with van der Waals surface area (Å²) in [4.78, 5) is 17.3. The predicted molar refractivity (Wildman–Crippen MR) is 59.1 cm³/mol. The van der Waals surface area contributed by atoms with Gasteiger partial charge in [-0.15, -0.1) is 11.3 Å². The van der Waals surface area contributed by atoms with Crippen molar-refractivity contribution in [3.8, 4) is 0 Å². The van der Waals surface area contributed by atoms with E-state index in [4.69, 9.17) is 4.74 Å². The highest BCUT2D eigenvalue weighted by molar-refractivity contribution is 7.12. The fourth-order valence-corrected chi connectivity index (χ4v) is 3.38. The summed E-state index contributed by atoms with van der Waals surface area (Å²) < 4.78 is 4.92. The molecule has 0 aromatic carbocycles. The molecule has 0 spiro atoms. The molecule has 1 fully saturated rings. The Bertz CT molecular complexity index is 393.